The number of ether oxygens (including phenoxy) is 2. The van der Waals surface area contributed by atoms with Crippen LogP contribution in [-0.2, 0) is 9.53 Å². The molecule has 24 heavy (non-hydrogen) atoms. The fourth-order valence-corrected chi connectivity index (χ4v) is 2.09. The molecule has 2 aromatic carbocycles. The molecule has 0 bridgehead atoms. The molecule has 0 spiro atoms. The second-order valence-electron chi connectivity index (χ2n) is 5.15. The van der Waals surface area contributed by atoms with Gasteiger partial charge in [-0.3, -0.25) is 4.79 Å². The van der Waals surface area contributed by atoms with Crippen LogP contribution in [0.25, 0.3) is 0 Å². The van der Waals surface area contributed by atoms with Gasteiger partial charge in [-0.1, -0.05) is 18.2 Å². The molecule has 0 heterocycles. The van der Waals surface area contributed by atoms with E-state index in [2.05, 4.69) is 5.32 Å². The number of amides is 1. The van der Waals surface area contributed by atoms with Gasteiger partial charge in [0.15, 0.2) is 6.61 Å². The Morgan fingerprint density at radius 2 is 1.88 bits per heavy atom. The summed E-state index contributed by atoms with van der Waals surface area (Å²) in [5.41, 5.74) is 0.951. The van der Waals surface area contributed by atoms with Gasteiger partial charge < -0.3 is 14.8 Å². The Morgan fingerprint density at radius 1 is 1.17 bits per heavy atom. The number of hydrogen-bond donors (Lipinski definition) is 1. The highest BCUT2D eigenvalue weighted by molar-refractivity contribution is 5.91. The molecule has 126 valence electrons. The Balaban J connectivity index is 1.85. The zero-order valence-corrected chi connectivity index (χ0v) is 13.4. The minimum Gasteiger partial charge on any atom is -0.497 e. The highest BCUT2D eigenvalue weighted by Gasteiger charge is 2.13. The Hall–Kier alpha value is -2.89. The summed E-state index contributed by atoms with van der Waals surface area (Å²) in [4.78, 5) is 23.6. The van der Waals surface area contributed by atoms with Crippen molar-refractivity contribution in [1.29, 1.82) is 0 Å². The van der Waals surface area contributed by atoms with Gasteiger partial charge in [0.05, 0.1) is 18.7 Å². The predicted molar refractivity (Wildman–Crippen MR) is 86.2 cm³/mol. The SMILES string of the molecule is COc1ccc(C(C)NC(=O)COC(=O)c2cccc(F)c2)cc1. The van der Waals surface area contributed by atoms with Crippen molar-refractivity contribution in [2.45, 2.75) is 13.0 Å². The average Bonchev–Trinajstić information content (AvgIpc) is 2.59. The summed E-state index contributed by atoms with van der Waals surface area (Å²) in [6.07, 6.45) is 0. The van der Waals surface area contributed by atoms with E-state index in [1.807, 2.05) is 19.1 Å². The van der Waals surface area contributed by atoms with E-state index in [0.29, 0.717) is 0 Å². The smallest absolute Gasteiger partial charge is 0.338 e. The lowest BCUT2D eigenvalue weighted by molar-refractivity contribution is -0.124. The third-order valence-corrected chi connectivity index (χ3v) is 3.39. The summed E-state index contributed by atoms with van der Waals surface area (Å²) in [7, 11) is 1.58. The van der Waals surface area contributed by atoms with Gasteiger partial charge >= 0.3 is 5.97 Å². The van der Waals surface area contributed by atoms with Crippen LogP contribution in [0.15, 0.2) is 48.5 Å². The Morgan fingerprint density at radius 3 is 2.50 bits per heavy atom. The summed E-state index contributed by atoms with van der Waals surface area (Å²) < 4.78 is 23.0. The van der Waals surface area contributed by atoms with Crippen LogP contribution >= 0.6 is 0 Å². The van der Waals surface area contributed by atoms with Crippen molar-refractivity contribution in [3.05, 3.63) is 65.5 Å². The van der Waals surface area contributed by atoms with Crippen LogP contribution in [0.5, 0.6) is 5.75 Å². The van der Waals surface area contributed by atoms with Crippen LogP contribution in [0.3, 0.4) is 0 Å². The van der Waals surface area contributed by atoms with Gasteiger partial charge in [0.1, 0.15) is 11.6 Å². The van der Waals surface area contributed by atoms with E-state index in [9.17, 15) is 14.0 Å². The first-order chi connectivity index (χ1) is 11.5. The molecule has 0 radical (unpaired) electrons. The second kappa shape index (κ2) is 8.10. The first-order valence-electron chi connectivity index (χ1n) is 7.35. The Labute approximate surface area is 139 Å². The van der Waals surface area contributed by atoms with Gasteiger partial charge in [-0.05, 0) is 42.8 Å². The maximum absolute atomic E-state index is 13.0. The number of benzene rings is 2. The summed E-state index contributed by atoms with van der Waals surface area (Å²) >= 11 is 0. The maximum Gasteiger partial charge on any atom is 0.338 e. The van der Waals surface area contributed by atoms with E-state index in [1.165, 1.54) is 18.2 Å². The number of carbonyl (C=O) groups excluding carboxylic acids is 2. The number of halogens is 1. The molecule has 1 amide bonds. The molecule has 0 aromatic heterocycles. The van der Waals surface area contributed by atoms with E-state index in [1.54, 1.807) is 19.2 Å². The Kier molecular flexibility index (Phi) is 5.89. The molecule has 0 aliphatic heterocycles. The third-order valence-electron chi connectivity index (χ3n) is 3.39. The summed E-state index contributed by atoms with van der Waals surface area (Å²) in [5, 5.41) is 2.72. The van der Waals surface area contributed by atoms with E-state index in [4.69, 9.17) is 9.47 Å². The summed E-state index contributed by atoms with van der Waals surface area (Å²) in [6, 6.07) is 12.1. The van der Waals surface area contributed by atoms with Crippen LogP contribution in [0.1, 0.15) is 28.9 Å². The number of esters is 1. The molecule has 2 rings (SSSR count). The largest absolute Gasteiger partial charge is 0.497 e. The molecule has 1 N–H and O–H groups in total. The molecule has 6 heteroatoms. The van der Waals surface area contributed by atoms with Crippen LogP contribution < -0.4 is 10.1 Å². The lowest BCUT2D eigenvalue weighted by Crippen LogP contribution is -2.31. The molecule has 1 atom stereocenters. The Bertz CT molecular complexity index is 715. The lowest BCUT2D eigenvalue weighted by atomic mass is 10.1. The molecule has 0 aliphatic carbocycles. The molecule has 2 aromatic rings. The van der Waals surface area contributed by atoms with Crippen molar-refractivity contribution in [2.24, 2.45) is 0 Å². The topological polar surface area (TPSA) is 64.6 Å². The van der Waals surface area contributed by atoms with Gasteiger partial charge in [0.25, 0.3) is 5.91 Å². The normalized spacial score (nSPS) is 11.5. The molecule has 0 saturated carbocycles. The highest BCUT2D eigenvalue weighted by atomic mass is 19.1. The third kappa shape index (κ3) is 4.81. The molecule has 0 aliphatic rings. The molecule has 5 nitrogen and oxygen atoms in total. The highest BCUT2D eigenvalue weighted by Crippen LogP contribution is 2.17. The van der Waals surface area contributed by atoms with Gasteiger partial charge in [0, 0.05) is 0 Å². The van der Waals surface area contributed by atoms with Gasteiger partial charge in [-0.25, -0.2) is 9.18 Å². The van der Waals surface area contributed by atoms with Crippen molar-refractivity contribution >= 4 is 11.9 Å². The zero-order valence-electron chi connectivity index (χ0n) is 13.4. The van der Waals surface area contributed by atoms with E-state index in [0.717, 1.165) is 17.4 Å². The fraction of sp³-hybridized carbons (Fsp3) is 0.222. The van der Waals surface area contributed by atoms with Gasteiger partial charge in [0.2, 0.25) is 0 Å². The van der Waals surface area contributed by atoms with Crippen LogP contribution in [0.4, 0.5) is 4.39 Å². The van der Waals surface area contributed by atoms with E-state index < -0.39 is 24.3 Å². The first-order valence-corrected chi connectivity index (χ1v) is 7.35. The van der Waals surface area contributed by atoms with Gasteiger partial charge in [-0.2, -0.15) is 0 Å². The molecular weight excluding hydrogens is 313 g/mol. The maximum atomic E-state index is 13.0. The number of nitrogens with one attached hydrogen (secondary N) is 1. The molecular formula is C18H18FNO4. The van der Waals surface area contributed by atoms with Crippen LogP contribution in [-0.4, -0.2) is 25.6 Å². The minimum atomic E-state index is -0.748. The van der Waals surface area contributed by atoms with Crippen molar-refractivity contribution in [1.82, 2.24) is 5.32 Å². The van der Waals surface area contributed by atoms with Crippen molar-refractivity contribution in [2.75, 3.05) is 13.7 Å². The second-order valence-corrected chi connectivity index (χ2v) is 5.15. The van der Waals surface area contributed by atoms with E-state index >= 15 is 0 Å². The summed E-state index contributed by atoms with van der Waals surface area (Å²) in [5.74, 6) is -1.01. The first kappa shape index (κ1) is 17.5. The number of rotatable bonds is 6. The molecule has 1 unspecified atom stereocenters. The predicted octanol–water partition coefficient (Wildman–Crippen LogP) is 2.87. The quantitative estimate of drug-likeness (QED) is 0.827. The van der Waals surface area contributed by atoms with Crippen LogP contribution in [0, 0.1) is 5.82 Å². The summed E-state index contributed by atoms with van der Waals surface area (Å²) in [6.45, 7) is 1.38. The van der Waals surface area contributed by atoms with E-state index in [-0.39, 0.29) is 11.6 Å². The molecule has 0 saturated heterocycles. The fourth-order valence-electron chi connectivity index (χ4n) is 2.09. The van der Waals surface area contributed by atoms with Gasteiger partial charge in [-0.15, -0.1) is 0 Å². The van der Waals surface area contributed by atoms with Crippen molar-refractivity contribution in [3.8, 4) is 5.75 Å². The van der Waals surface area contributed by atoms with Crippen LogP contribution in [0.2, 0.25) is 0 Å². The minimum absolute atomic E-state index is 0.0611. The zero-order chi connectivity index (χ0) is 17.5. The monoisotopic (exact) mass is 331 g/mol. The number of carbonyl (C=O) groups is 2. The van der Waals surface area contributed by atoms with Crippen molar-refractivity contribution < 1.29 is 23.5 Å². The number of hydrogen-bond acceptors (Lipinski definition) is 4. The molecule has 0 fully saturated rings. The lowest BCUT2D eigenvalue weighted by Gasteiger charge is -2.15. The standard InChI is InChI=1S/C18H18FNO4/c1-12(13-6-8-16(23-2)9-7-13)20-17(21)11-24-18(22)14-4-3-5-15(19)10-14/h3-10,12H,11H2,1-2H3,(H,20,21). The number of methoxy groups -OCH3 is 1. The average molecular weight is 331 g/mol. The van der Waals surface area contributed by atoms with Crippen molar-refractivity contribution in [3.63, 3.8) is 0 Å².